The topological polar surface area (TPSA) is 67.2 Å². The van der Waals surface area contributed by atoms with E-state index in [9.17, 15) is 4.79 Å². The SMILES string of the molecule is CC1CCC(CNc2cccc(NC(N)=O)c2)CC1. The Morgan fingerprint density at radius 2 is 1.95 bits per heavy atom. The fourth-order valence-electron chi connectivity index (χ4n) is 2.64. The van der Waals surface area contributed by atoms with Crippen LogP contribution in [0.3, 0.4) is 0 Å². The lowest BCUT2D eigenvalue weighted by Gasteiger charge is -2.26. The Balaban J connectivity index is 1.83. The molecule has 0 heterocycles. The average molecular weight is 261 g/mol. The number of carbonyl (C=O) groups is 1. The van der Waals surface area contributed by atoms with Gasteiger partial charge in [0.15, 0.2) is 0 Å². The van der Waals surface area contributed by atoms with E-state index in [0.717, 1.165) is 29.8 Å². The van der Waals surface area contributed by atoms with Crippen molar-refractivity contribution in [3.8, 4) is 0 Å². The van der Waals surface area contributed by atoms with E-state index in [-0.39, 0.29) is 0 Å². The molecule has 0 unspecified atom stereocenters. The van der Waals surface area contributed by atoms with Crippen LogP contribution in [-0.4, -0.2) is 12.6 Å². The van der Waals surface area contributed by atoms with Crippen molar-refractivity contribution in [3.05, 3.63) is 24.3 Å². The largest absolute Gasteiger partial charge is 0.385 e. The van der Waals surface area contributed by atoms with E-state index in [1.165, 1.54) is 25.7 Å². The van der Waals surface area contributed by atoms with Crippen LogP contribution in [0.5, 0.6) is 0 Å². The number of anilines is 2. The minimum absolute atomic E-state index is 0.529. The van der Waals surface area contributed by atoms with Crippen LogP contribution < -0.4 is 16.4 Å². The summed E-state index contributed by atoms with van der Waals surface area (Å²) >= 11 is 0. The van der Waals surface area contributed by atoms with Crippen LogP contribution in [0.25, 0.3) is 0 Å². The molecule has 0 atom stereocenters. The summed E-state index contributed by atoms with van der Waals surface area (Å²) in [5, 5.41) is 6.04. The lowest BCUT2D eigenvalue weighted by atomic mass is 9.83. The molecule has 1 aromatic carbocycles. The molecule has 2 amide bonds. The number of primary amides is 1. The molecule has 4 N–H and O–H groups in total. The molecule has 104 valence electrons. The first-order valence-electron chi connectivity index (χ1n) is 7.04. The molecule has 0 saturated heterocycles. The lowest BCUT2D eigenvalue weighted by Crippen LogP contribution is -2.21. The summed E-state index contributed by atoms with van der Waals surface area (Å²) < 4.78 is 0. The van der Waals surface area contributed by atoms with Crippen LogP contribution in [0.1, 0.15) is 32.6 Å². The van der Waals surface area contributed by atoms with Gasteiger partial charge in [0.2, 0.25) is 0 Å². The van der Waals surface area contributed by atoms with Gasteiger partial charge in [-0.1, -0.05) is 25.8 Å². The van der Waals surface area contributed by atoms with Gasteiger partial charge >= 0.3 is 6.03 Å². The fraction of sp³-hybridized carbons (Fsp3) is 0.533. The van der Waals surface area contributed by atoms with Crippen LogP contribution in [0.15, 0.2) is 24.3 Å². The predicted molar refractivity (Wildman–Crippen MR) is 79.3 cm³/mol. The van der Waals surface area contributed by atoms with Crippen molar-refractivity contribution in [2.45, 2.75) is 32.6 Å². The Hall–Kier alpha value is -1.71. The molecular weight excluding hydrogens is 238 g/mol. The van der Waals surface area contributed by atoms with Gasteiger partial charge in [-0.15, -0.1) is 0 Å². The van der Waals surface area contributed by atoms with Crippen LogP contribution >= 0.6 is 0 Å². The molecule has 19 heavy (non-hydrogen) atoms. The number of nitrogens with one attached hydrogen (secondary N) is 2. The molecular formula is C15H23N3O. The average Bonchev–Trinajstić information content (AvgIpc) is 2.38. The van der Waals surface area contributed by atoms with Gasteiger partial charge in [-0.2, -0.15) is 0 Å². The Morgan fingerprint density at radius 3 is 2.63 bits per heavy atom. The third kappa shape index (κ3) is 4.47. The maximum Gasteiger partial charge on any atom is 0.316 e. The van der Waals surface area contributed by atoms with Crippen LogP contribution in [-0.2, 0) is 0 Å². The maximum absolute atomic E-state index is 10.8. The Bertz CT molecular complexity index is 425. The molecule has 2 rings (SSSR count). The van der Waals surface area contributed by atoms with E-state index in [2.05, 4.69) is 17.6 Å². The van der Waals surface area contributed by atoms with Gasteiger partial charge in [0.1, 0.15) is 0 Å². The first kappa shape index (κ1) is 13.7. The highest BCUT2D eigenvalue weighted by Gasteiger charge is 2.17. The molecule has 0 spiro atoms. The number of carbonyl (C=O) groups excluding carboxylic acids is 1. The molecule has 1 aromatic rings. The molecule has 1 fully saturated rings. The van der Waals surface area contributed by atoms with E-state index in [1.807, 2.05) is 24.3 Å². The van der Waals surface area contributed by atoms with Crippen LogP contribution in [0.2, 0.25) is 0 Å². The van der Waals surface area contributed by atoms with Crippen molar-refractivity contribution in [1.29, 1.82) is 0 Å². The maximum atomic E-state index is 10.8. The van der Waals surface area contributed by atoms with Crippen molar-refractivity contribution in [1.82, 2.24) is 0 Å². The highest BCUT2D eigenvalue weighted by molar-refractivity contribution is 5.88. The second kappa shape index (κ2) is 6.45. The van der Waals surface area contributed by atoms with Crippen molar-refractivity contribution in [2.75, 3.05) is 17.2 Å². The molecule has 1 aliphatic carbocycles. The Labute approximate surface area is 114 Å². The highest BCUT2D eigenvalue weighted by atomic mass is 16.2. The summed E-state index contributed by atoms with van der Waals surface area (Å²) in [6, 6.07) is 7.14. The molecule has 4 nitrogen and oxygen atoms in total. The standard InChI is InChI=1S/C15H23N3O/c1-11-5-7-12(8-6-11)10-17-13-3-2-4-14(9-13)18-15(16)19/h2-4,9,11-12,17H,5-8,10H2,1H3,(H3,16,18,19). The van der Waals surface area contributed by atoms with Gasteiger partial charge in [0.05, 0.1) is 0 Å². The predicted octanol–water partition coefficient (Wildman–Crippen LogP) is 3.42. The number of nitrogens with two attached hydrogens (primary N) is 1. The van der Waals surface area contributed by atoms with Crippen molar-refractivity contribution in [2.24, 2.45) is 17.6 Å². The zero-order valence-corrected chi connectivity index (χ0v) is 11.5. The summed E-state index contributed by atoms with van der Waals surface area (Å²) in [5.41, 5.74) is 6.87. The Morgan fingerprint density at radius 1 is 1.26 bits per heavy atom. The lowest BCUT2D eigenvalue weighted by molar-refractivity contribution is 0.259. The second-order valence-electron chi connectivity index (χ2n) is 5.58. The first-order valence-corrected chi connectivity index (χ1v) is 7.04. The molecule has 0 aliphatic heterocycles. The Kier molecular flexibility index (Phi) is 4.66. The van der Waals surface area contributed by atoms with Crippen LogP contribution in [0.4, 0.5) is 16.2 Å². The summed E-state index contributed by atoms with van der Waals surface area (Å²) in [6.07, 6.45) is 5.31. The minimum Gasteiger partial charge on any atom is -0.385 e. The quantitative estimate of drug-likeness (QED) is 0.777. The highest BCUT2D eigenvalue weighted by Crippen LogP contribution is 2.28. The van der Waals surface area contributed by atoms with E-state index >= 15 is 0 Å². The van der Waals surface area contributed by atoms with Gasteiger partial charge in [-0.3, -0.25) is 0 Å². The first-order chi connectivity index (χ1) is 9.13. The molecule has 1 aliphatic rings. The summed E-state index contributed by atoms with van der Waals surface area (Å²) in [4.78, 5) is 10.8. The van der Waals surface area contributed by atoms with Crippen molar-refractivity contribution in [3.63, 3.8) is 0 Å². The number of rotatable bonds is 4. The van der Waals surface area contributed by atoms with E-state index in [0.29, 0.717) is 0 Å². The third-order valence-electron chi connectivity index (χ3n) is 3.86. The van der Waals surface area contributed by atoms with Gasteiger partial charge in [0, 0.05) is 17.9 Å². The molecule has 0 bridgehead atoms. The zero-order chi connectivity index (χ0) is 13.7. The molecule has 1 saturated carbocycles. The van der Waals surface area contributed by atoms with E-state index < -0.39 is 6.03 Å². The van der Waals surface area contributed by atoms with Gasteiger partial charge in [-0.25, -0.2) is 4.79 Å². The van der Waals surface area contributed by atoms with Crippen LogP contribution in [0, 0.1) is 11.8 Å². The van der Waals surface area contributed by atoms with Gasteiger partial charge < -0.3 is 16.4 Å². The van der Waals surface area contributed by atoms with E-state index in [1.54, 1.807) is 0 Å². The monoisotopic (exact) mass is 261 g/mol. The number of urea groups is 1. The molecule has 0 aromatic heterocycles. The van der Waals surface area contributed by atoms with Gasteiger partial charge in [0.25, 0.3) is 0 Å². The normalized spacial score (nSPS) is 22.8. The second-order valence-corrected chi connectivity index (χ2v) is 5.58. The summed E-state index contributed by atoms with van der Waals surface area (Å²) in [6.45, 7) is 3.34. The number of amides is 2. The fourth-order valence-corrected chi connectivity index (χ4v) is 2.64. The van der Waals surface area contributed by atoms with Crippen molar-refractivity contribution < 1.29 is 4.79 Å². The number of benzene rings is 1. The number of hydrogen-bond acceptors (Lipinski definition) is 2. The van der Waals surface area contributed by atoms with Gasteiger partial charge in [-0.05, 0) is 42.9 Å². The minimum atomic E-state index is -0.529. The summed E-state index contributed by atoms with van der Waals surface area (Å²) in [5.74, 6) is 1.66. The summed E-state index contributed by atoms with van der Waals surface area (Å²) in [7, 11) is 0. The smallest absolute Gasteiger partial charge is 0.316 e. The van der Waals surface area contributed by atoms with E-state index in [4.69, 9.17) is 5.73 Å². The number of hydrogen-bond donors (Lipinski definition) is 3. The third-order valence-corrected chi connectivity index (χ3v) is 3.86. The molecule has 0 radical (unpaired) electrons. The van der Waals surface area contributed by atoms with Crippen molar-refractivity contribution >= 4 is 17.4 Å². The molecule has 4 heteroatoms. The zero-order valence-electron chi connectivity index (χ0n) is 11.5.